The zero-order valence-electron chi connectivity index (χ0n) is 10.1. The van der Waals surface area contributed by atoms with Gasteiger partial charge in [0, 0.05) is 39.4 Å². The van der Waals surface area contributed by atoms with Crippen molar-refractivity contribution in [2.45, 2.75) is 0 Å². The van der Waals surface area contributed by atoms with Crippen molar-refractivity contribution in [1.29, 1.82) is 0 Å². The fourth-order valence-corrected chi connectivity index (χ4v) is 1.91. The van der Waals surface area contributed by atoms with Crippen molar-refractivity contribution in [3.8, 4) is 0 Å². The number of hydrogen-bond acceptors (Lipinski definition) is 4. The number of rotatable bonds is 4. The number of morpholine rings is 1. The lowest BCUT2D eigenvalue weighted by molar-refractivity contribution is 0.0393. The monoisotopic (exact) mass is 239 g/mol. The Hall–Kier alpha value is -1.20. The van der Waals surface area contributed by atoms with Crippen molar-refractivity contribution < 1.29 is 9.13 Å². The third-order valence-electron chi connectivity index (χ3n) is 3.02. The van der Waals surface area contributed by atoms with E-state index in [1.54, 1.807) is 12.3 Å². The highest BCUT2D eigenvalue weighted by Crippen LogP contribution is 2.15. The molecule has 0 unspecified atom stereocenters. The number of nitrogens with zero attached hydrogens (tertiary/aromatic N) is 3. The predicted molar refractivity (Wildman–Crippen MR) is 64.7 cm³/mol. The number of halogens is 1. The summed E-state index contributed by atoms with van der Waals surface area (Å²) in [5, 5.41) is 0. The molecule has 0 amide bonds. The normalized spacial score (nSPS) is 17.1. The summed E-state index contributed by atoms with van der Waals surface area (Å²) in [7, 11) is 1.90. The minimum atomic E-state index is -0.267. The number of ether oxygens (including phenoxy) is 1. The Balaban J connectivity index is 1.84. The largest absolute Gasteiger partial charge is 0.379 e. The smallest absolute Gasteiger partial charge is 0.164 e. The van der Waals surface area contributed by atoms with Crippen LogP contribution in [-0.2, 0) is 4.74 Å². The molecule has 17 heavy (non-hydrogen) atoms. The predicted octanol–water partition coefficient (Wildman–Crippen LogP) is 0.989. The zero-order chi connectivity index (χ0) is 12.1. The quantitative estimate of drug-likeness (QED) is 0.783. The van der Waals surface area contributed by atoms with Crippen LogP contribution < -0.4 is 4.90 Å². The van der Waals surface area contributed by atoms with Crippen LogP contribution in [0.15, 0.2) is 18.5 Å². The number of anilines is 1. The first-order chi connectivity index (χ1) is 8.27. The molecule has 94 valence electrons. The van der Waals surface area contributed by atoms with Crippen LogP contribution in [0.5, 0.6) is 0 Å². The topological polar surface area (TPSA) is 28.6 Å². The molecule has 1 aliphatic rings. The van der Waals surface area contributed by atoms with Crippen LogP contribution in [-0.4, -0.2) is 56.3 Å². The van der Waals surface area contributed by atoms with Gasteiger partial charge in [-0.05, 0) is 6.07 Å². The van der Waals surface area contributed by atoms with E-state index in [9.17, 15) is 4.39 Å². The molecule has 1 aromatic rings. The molecule has 2 rings (SSSR count). The molecule has 0 aromatic carbocycles. The Bertz CT molecular complexity index is 355. The third-order valence-corrected chi connectivity index (χ3v) is 3.02. The van der Waals surface area contributed by atoms with Crippen LogP contribution in [0.1, 0.15) is 0 Å². The van der Waals surface area contributed by atoms with Crippen molar-refractivity contribution in [2.24, 2.45) is 0 Å². The van der Waals surface area contributed by atoms with Crippen LogP contribution in [0.4, 0.5) is 10.1 Å². The van der Waals surface area contributed by atoms with Crippen molar-refractivity contribution in [3.05, 3.63) is 24.3 Å². The SMILES string of the molecule is CN(CCN1CCOCC1)c1ccncc1F. The van der Waals surface area contributed by atoms with Crippen molar-refractivity contribution >= 4 is 5.69 Å². The molecule has 4 nitrogen and oxygen atoms in total. The molecule has 0 aliphatic carbocycles. The number of likely N-dealkylation sites (N-methyl/N-ethyl adjacent to an activating group) is 1. The lowest BCUT2D eigenvalue weighted by Gasteiger charge is -2.29. The van der Waals surface area contributed by atoms with Gasteiger partial charge in [0.05, 0.1) is 25.1 Å². The molecular weight excluding hydrogens is 221 g/mol. The van der Waals surface area contributed by atoms with Crippen LogP contribution in [0.25, 0.3) is 0 Å². The molecule has 1 saturated heterocycles. The van der Waals surface area contributed by atoms with Crippen LogP contribution >= 0.6 is 0 Å². The van der Waals surface area contributed by atoms with Gasteiger partial charge in [0.15, 0.2) is 5.82 Å². The highest BCUT2D eigenvalue weighted by molar-refractivity contribution is 5.45. The summed E-state index contributed by atoms with van der Waals surface area (Å²) in [4.78, 5) is 8.00. The van der Waals surface area contributed by atoms with Crippen LogP contribution in [0.3, 0.4) is 0 Å². The third kappa shape index (κ3) is 3.38. The molecule has 0 N–H and O–H groups in total. The van der Waals surface area contributed by atoms with Crippen molar-refractivity contribution in [3.63, 3.8) is 0 Å². The second-order valence-electron chi connectivity index (χ2n) is 4.20. The Morgan fingerprint density at radius 1 is 1.47 bits per heavy atom. The summed E-state index contributed by atoms with van der Waals surface area (Å²) in [6.45, 7) is 5.27. The molecule has 5 heteroatoms. The number of hydrogen-bond donors (Lipinski definition) is 0. The minimum absolute atomic E-state index is 0.267. The number of pyridine rings is 1. The fourth-order valence-electron chi connectivity index (χ4n) is 1.91. The van der Waals surface area contributed by atoms with Gasteiger partial charge >= 0.3 is 0 Å². The molecule has 2 heterocycles. The van der Waals surface area contributed by atoms with E-state index in [1.807, 2.05) is 11.9 Å². The molecule has 0 bridgehead atoms. The van der Waals surface area contributed by atoms with E-state index in [0.717, 1.165) is 39.4 Å². The average Bonchev–Trinajstić information content (AvgIpc) is 2.38. The van der Waals surface area contributed by atoms with Crippen LogP contribution in [0, 0.1) is 5.82 Å². The maximum Gasteiger partial charge on any atom is 0.164 e. The Morgan fingerprint density at radius 3 is 2.94 bits per heavy atom. The molecule has 0 saturated carbocycles. The molecule has 1 fully saturated rings. The van der Waals surface area contributed by atoms with E-state index < -0.39 is 0 Å². The van der Waals surface area contributed by atoms with Gasteiger partial charge in [-0.15, -0.1) is 0 Å². The lowest BCUT2D eigenvalue weighted by atomic mass is 10.3. The average molecular weight is 239 g/mol. The molecule has 0 atom stereocenters. The summed E-state index contributed by atoms with van der Waals surface area (Å²) in [6, 6.07) is 1.70. The summed E-state index contributed by atoms with van der Waals surface area (Å²) in [6.07, 6.45) is 2.87. The second kappa shape index (κ2) is 5.93. The molecule has 0 spiro atoms. The first kappa shape index (κ1) is 12.3. The Kier molecular flexibility index (Phi) is 4.28. The van der Waals surface area contributed by atoms with Gasteiger partial charge in [-0.2, -0.15) is 0 Å². The summed E-state index contributed by atoms with van der Waals surface area (Å²) >= 11 is 0. The fraction of sp³-hybridized carbons (Fsp3) is 0.583. The minimum Gasteiger partial charge on any atom is -0.379 e. The van der Waals surface area contributed by atoms with Gasteiger partial charge in [0.1, 0.15) is 0 Å². The number of aromatic nitrogens is 1. The maximum atomic E-state index is 13.5. The summed E-state index contributed by atoms with van der Waals surface area (Å²) in [5.74, 6) is -0.267. The van der Waals surface area contributed by atoms with Gasteiger partial charge < -0.3 is 9.64 Å². The molecule has 1 aromatic heterocycles. The first-order valence-corrected chi connectivity index (χ1v) is 5.88. The Labute approximate surface area is 101 Å². The summed E-state index contributed by atoms with van der Waals surface area (Å²) in [5.41, 5.74) is 0.605. The van der Waals surface area contributed by atoms with Gasteiger partial charge in [-0.25, -0.2) is 4.39 Å². The van der Waals surface area contributed by atoms with E-state index in [4.69, 9.17) is 4.74 Å². The zero-order valence-corrected chi connectivity index (χ0v) is 10.1. The van der Waals surface area contributed by atoms with E-state index in [0.29, 0.717) is 5.69 Å². The highest BCUT2D eigenvalue weighted by Gasteiger charge is 2.12. The van der Waals surface area contributed by atoms with Gasteiger partial charge in [0.25, 0.3) is 0 Å². The van der Waals surface area contributed by atoms with Gasteiger partial charge in [-0.3, -0.25) is 9.88 Å². The lowest BCUT2D eigenvalue weighted by Crippen LogP contribution is -2.40. The molecular formula is C12H18FN3O. The van der Waals surface area contributed by atoms with Gasteiger partial charge in [0.2, 0.25) is 0 Å². The van der Waals surface area contributed by atoms with E-state index in [2.05, 4.69) is 9.88 Å². The van der Waals surface area contributed by atoms with Crippen molar-refractivity contribution in [1.82, 2.24) is 9.88 Å². The van der Waals surface area contributed by atoms with E-state index >= 15 is 0 Å². The standard InChI is InChI=1S/C12H18FN3O/c1-15(12-2-3-14-10-11(12)13)4-5-16-6-8-17-9-7-16/h2-3,10H,4-9H2,1H3. The van der Waals surface area contributed by atoms with Gasteiger partial charge in [-0.1, -0.05) is 0 Å². The maximum absolute atomic E-state index is 13.5. The highest BCUT2D eigenvalue weighted by atomic mass is 19.1. The Morgan fingerprint density at radius 2 is 2.24 bits per heavy atom. The molecule has 1 aliphatic heterocycles. The van der Waals surface area contributed by atoms with E-state index in [-0.39, 0.29) is 5.82 Å². The van der Waals surface area contributed by atoms with Crippen molar-refractivity contribution in [2.75, 3.05) is 51.3 Å². The van der Waals surface area contributed by atoms with Crippen LogP contribution in [0.2, 0.25) is 0 Å². The van der Waals surface area contributed by atoms with E-state index in [1.165, 1.54) is 6.20 Å². The first-order valence-electron chi connectivity index (χ1n) is 5.88. The second-order valence-corrected chi connectivity index (χ2v) is 4.20. The summed E-state index contributed by atoms with van der Waals surface area (Å²) < 4.78 is 18.8. The molecule has 0 radical (unpaired) electrons.